The monoisotopic (exact) mass is 436 g/mol. The van der Waals surface area contributed by atoms with Crippen LogP contribution in [0.15, 0.2) is 41.2 Å². The van der Waals surface area contributed by atoms with E-state index in [0.717, 1.165) is 10.6 Å². The zero-order chi connectivity index (χ0) is 21.4. The van der Waals surface area contributed by atoms with Gasteiger partial charge in [-0.05, 0) is 35.5 Å². The summed E-state index contributed by atoms with van der Waals surface area (Å²) in [6, 6.07) is 8.71. The van der Waals surface area contributed by atoms with Crippen LogP contribution in [0.4, 0.5) is 5.13 Å². The third kappa shape index (κ3) is 3.80. The Bertz CT molecular complexity index is 1260. The number of tetrazole rings is 1. The molecule has 1 aromatic carbocycles. The Balaban J connectivity index is 1.30. The molecule has 31 heavy (non-hydrogen) atoms. The van der Waals surface area contributed by atoms with Crippen molar-refractivity contribution in [2.24, 2.45) is 0 Å². The number of nitrogens with zero attached hydrogens (tertiary/aromatic N) is 7. The van der Waals surface area contributed by atoms with Crippen molar-refractivity contribution in [3.8, 4) is 5.69 Å². The summed E-state index contributed by atoms with van der Waals surface area (Å²) in [5.41, 5.74) is 2.35. The fourth-order valence-corrected chi connectivity index (χ4v) is 4.32. The lowest BCUT2D eigenvalue weighted by Gasteiger charge is -2.26. The van der Waals surface area contributed by atoms with Crippen LogP contribution in [-0.2, 0) is 13.0 Å². The molecule has 1 aliphatic heterocycles. The summed E-state index contributed by atoms with van der Waals surface area (Å²) in [5.74, 6) is 0.0924. The van der Waals surface area contributed by atoms with E-state index in [1.165, 1.54) is 22.3 Å². The number of amides is 2. The average molecular weight is 436 g/mol. The van der Waals surface area contributed by atoms with E-state index in [1.807, 2.05) is 6.07 Å². The Kier molecular flexibility index (Phi) is 4.75. The van der Waals surface area contributed by atoms with E-state index in [-0.39, 0.29) is 17.5 Å². The predicted molar refractivity (Wildman–Crippen MR) is 109 cm³/mol. The van der Waals surface area contributed by atoms with Gasteiger partial charge in [0.25, 0.3) is 11.8 Å². The first-order chi connectivity index (χ1) is 15.1. The maximum absolute atomic E-state index is 13.1. The van der Waals surface area contributed by atoms with Gasteiger partial charge in [-0.15, -0.1) is 5.10 Å². The van der Waals surface area contributed by atoms with E-state index in [4.69, 9.17) is 4.52 Å². The third-order valence-electron chi connectivity index (χ3n) is 4.81. The van der Waals surface area contributed by atoms with Gasteiger partial charge in [0.2, 0.25) is 0 Å². The van der Waals surface area contributed by atoms with Gasteiger partial charge in [-0.2, -0.15) is 0 Å². The van der Waals surface area contributed by atoms with E-state index >= 15 is 0 Å². The third-order valence-corrected chi connectivity index (χ3v) is 5.80. The highest BCUT2D eigenvalue weighted by Gasteiger charge is 2.26. The molecule has 156 valence electrons. The normalized spacial score (nSPS) is 13.1. The molecule has 1 aliphatic rings. The number of anilines is 1. The maximum atomic E-state index is 13.1. The first-order valence-corrected chi connectivity index (χ1v) is 10.2. The molecule has 0 spiro atoms. The van der Waals surface area contributed by atoms with Crippen LogP contribution in [0, 0.1) is 6.92 Å². The zero-order valence-corrected chi connectivity index (χ0v) is 17.2. The van der Waals surface area contributed by atoms with Crippen LogP contribution >= 0.6 is 11.3 Å². The molecule has 0 saturated heterocycles. The fourth-order valence-electron chi connectivity index (χ4n) is 3.30. The summed E-state index contributed by atoms with van der Waals surface area (Å²) < 4.78 is 6.43. The van der Waals surface area contributed by atoms with Crippen molar-refractivity contribution in [1.29, 1.82) is 0 Å². The summed E-state index contributed by atoms with van der Waals surface area (Å²) in [6.45, 7) is 2.69. The molecule has 11 nitrogen and oxygen atoms in total. The average Bonchev–Trinajstić information content (AvgIpc) is 3.53. The SMILES string of the molecule is Cc1cc(C(=O)Nc2nc3c(s2)CN(C(=O)c2cccc(-n4cnnn4)c2)CC3)no1. The number of hydrogen-bond donors (Lipinski definition) is 1. The van der Waals surface area contributed by atoms with Gasteiger partial charge in [0.05, 0.1) is 17.9 Å². The minimum Gasteiger partial charge on any atom is -0.361 e. The maximum Gasteiger partial charge on any atom is 0.279 e. The molecule has 3 aromatic heterocycles. The molecular formula is C19H16N8O3S. The molecule has 5 rings (SSSR count). The Morgan fingerprint density at radius 3 is 2.94 bits per heavy atom. The smallest absolute Gasteiger partial charge is 0.279 e. The lowest BCUT2D eigenvalue weighted by atomic mass is 10.1. The Morgan fingerprint density at radius 1 is 1.26 bits per heavy atom. The van der Waals surface area contributed by atoms with Gasteiger partial charge in [-0.25, -0.2) is 9.67 Å². The lowest BCUT2D eigenvalue weighted by Crippen LogP contribution is -2.35. The van der Waals surface area contributed by atoms with E-state index in [2.05, 4.69) is 31.0 Å². The number of fused-ring (bicyclic) bond motifs is 1. The van der Waals surface area contributed by atoms with E-state index < -0.39 is 0 Å². The number of carbonyl (C=O) groups is 2. The van der Waals surface area contributed by atoms with Gasteiger partial charge in [-0.3, -0.25) is 14.9 Å². The molecule has 4 aromatic rings. The molecular weight excluding hydrogens is 420 g/mol. The number of carbonyl (C=O) groups excluding carboxylic acids is 2. The topological polar surface area (TPSA) is 132 Å². The van der Waals surface area contributed by atoms with Crippen LogP contribution in [0.1, 0.15) is 37.2 Å². The molecule has 2 amide bonds. The standard InChI is InChI=1S/C19H16N8O3S/c1-11-7-15(23-30-11)17(28)22-19-21-14-5-6-26(9-16(14)31-19)18(29)12-3-2-4-13(8-12)27-10-20-24-25-27/h2-4,7-8,10H,5-6,9H2,1H3,(H,21,22,28). The van der Waals surface area contributed by atoms with E-state index in [9.17, 15) is 9.59 Å². The quantitative estimate of drug-likeness (QED) is 0.513. The molecule has 0 atom stereocenters. The second-order valence-electron chi connectivity index (χ2n) is 6.95. The molecule has 0 aliphatic carbocycles. The van der Waals surface area contributed by atoms with Crippen LogP contribution in [0.5, 0.6) is 0 Å². The molecule has 0 fully saturated rings. The Labute approximate surface area is 179 Å². The first kappa shape index (κ1) is 19.1. The number of hydrogen-bond acceptors (Lipinski definition) is 9. The summed E-state index contributed by atoms with van der Waals surface area (Å²) in [6.07, 6.45) is 2.09. The largest absolute Gasteiger partial charge is 0.361 e. The van der Waals surface area contributed by atoms with Crippen molar-refractivity contribution in [3.63, 3.8) is 0 Å². The minimum atomic E-state index is -0.379. The first-order valence-electron chi connectivity index (χ1n) is 9.43. The second-order valence-corrected chi connectivity index (χ2v) is 8.03. The summed E-state index contributed by atoms with van der Waals surface area (Å²) in [7, 11) is 0. The van der Waals surface area contributed by atoms with Crippen LogP contribution in [0.25, 0.3) is 5.69 Å². The van der Waals surface area contributed by atoms with Crippen molar-refractivity contribution < 1.29 is 14.1 Å². The molecule has 0 saturated carbocycles. The molecule has 12 heteroatoms. The lowest BCUT2D eigenvalue weighted by molar-refractivity contribution is 0.0736. The van der Waals surface area contributed by atoms with E-state index in [0.29, 0.717) is 41.7 Å². The molecule has 0 unspecified atom stereocenters. The highest BCUT2D eigenvalue weighted by molar-refractivity contribution is 7.15. The number of aromatic nitrogens is 6. The molecule has 0 bridgehead atoms. The Hall–Kier alpha value is -3.93. The highest BCUT2D eigenvalue weighted by Crippen LogP contribution is 2.29. The number of aryl methyl sites for hydroxylation is 1. The molecule has 1 N–H and O–H groups in total. The van der Waals surface area contributed by atoms with Crippen LogP contribution in [0.2, 0.25) is 0 Å². The molecule has 0 radical (unpaired) electrons. The Morgan fingerprint density at radius 2 is 2.16 bits per heavy atom. The van der Waals surface area contributed by atoms with Crippen molar-refractivity contribution in [2.45, 2.75) is 19.9 Å². The van der Waals surface area contributed by atoms with E-state index in [1.54, 1.807) is 36.1 Å². The second kappa shape index (κ2) is 7.72. The number of rotatable bonds is 4. The summed E-state index contributed by atoms with van der Waals surface area (Å²) in [4.78, 5) is 32.6. The minimum absolute atomic E-state index is 0.0855. The van der Waals surface area contributed by atoms with Gasteiger partial charge >= 0.3 is 0 Å². The van der Waals surface area contributed by atoms with Gasteiger partial charge in [0, 0.05) is 29.5 Å². The van der Waals surface area contributed by atoms with Crippen LogP contribution < -0.4 is 5.32 Å². The summed E-state index contributed by atoms with van der Waals surface area (Å²) >= 11 is 1.36. The zero-order valence-electron chi connectivity index (χ0n) is 16.3. The fraction of sp³-hybridized carbons (Fsp3) is 0.211. The van der Waals surface area contributed by atoms with Crippen molar-refractivity contribution in [2.75, 3.05) is 11.9 Å². The van der Waals surface area contributed by atoms with Crippen molar-refractivity contribution >= 4 is 28.3 Å². The van der Waals surface area contributed by atoms with Crippen molar-refractivity contribution in [3.05, 3.63) is 64.2 Å². The van der Waals surface area contributed by atoms with Crippen molar-refractivity contribution in [1.82, 2.24) is 35.2 Å². The van der Waals surface area contributed by atoms with Crippen LogP contribution in [0.3, 0.4) is 0 Å². The van der Waals surface area contributed by atoms with Crippen LogP contribution in [-0.4, -0.2) is 53.6 Å². The number of nitrogens with one attached hydrogen (secondary N) is 1. The van der Waals surface area contributed by atoms with Gasteiger partial charge < -0.3 is 9.42 Å². The highest BCUT2D eigenvalue weighted by atomic mass is 32.1. The van der Waals surface area contributed by atoms with Gasteiger partial charge in [0.15, 0.2) is 10.8 Å². The van der Waals surface area contributed by atoms with Gasteiger partial charge in [-0.1, -0.05) is 22.6 Å². The molecule has 4 heterocycles. The predicted octanol–water partition coefficient (Wildman–Crippen LogP) is 1.87. The number of thiazole rings is 1. The summed E-state index contributed by atoms with van der Waals surface area (Å²) in [5, 5.41) is 18.0. The number of benzene rings is 1. The van der Waals surface area contributed by atoms with Gasteiger partial charge in [0.1, 0.15) is 12.1 Å².